The van der Waals surface area contributed by atoms with E-state index in [2.05, 4.69) is 0 Å². The highest BCUT2D eigenvalue weighted by Crippen LogP contribution is 2.35. The fourth-order valence-electron chi connectivity index (χ4n) is 2.52. The molecule has 0 spiro atoms. The zero-order valence-electron chi connectivity index (χ0n) is 12.4. The van der Waals surface area contributed by atoms with Crippen molar-refractivity contribution in [2.45, 2.75) is 13.1 Å². The largest absolute Gasteiger partial charge is 0.480 e. The van der Waals surface area contributed by atoms with Crippen LogP contribution >= 0.6 is 11.6 Å². The first-order valence-electron chi connectivity index (χ1n) is 7.12. The summed E-state index contributed by atoms with van der Waals surface area (Å²) in [7, 11) is 0. The summed E-state index contributed by atoms with van der Waals surface area (Å²) in [5, 5.41) is 9.72. The lowest BCUT2D eigenvalue weighted by Crippen LogP contribution is -2.35. The van der Waals surface area contributed by atoms with Crippen LogP contribution in [0.2, 0.25) is 5.02 Å². The number of hydrogen-bond donors (Lipinski definition) is 1. The Labute approximate surface area is 138 Å². The van der Waals surface area contributed by atoms with E-state index in [1.165, 1.54) is 0 Å². The summed E-state index contributed by atoms with van der Waals surface area (Å²) in [5.41, 5.74) is 2.25. The van der Waals surface area contributed by atoms with Gasteiger partial charge in [0.25, 0.3) is 5.91 Å². The fraction of sp³-hybridized carbons (Fsp3) is 0.176. The average Bonchev–Trinajstić information content (AvgIpc) is 3.19. The third-order valence-electron chi connectivity index (χ3n) is 3.76. The van der Waals surface area contributed by atoms with Crippen molar-refractivity contribution in [2.24, 2.45) is 0 Å². The van der Waals surface area contributed by atoms with Crippen LogP contribution in [0.25, 0.3) is 0 Å². The molecule has 1 heterocycles. The third-order valence-corrected chi connectivity index (χ3v) is 4.16. The van der Waals surface area contributed by atoms with Gasteiger partial charge in [-0.25, -0.2) is 0 Å². The summed E-state index contributed by atoms with van der Waals surface area (Å²) < 4.78 is 0. The number of carboxylic acid groups (broad SMARTS) is 1. The first-order chi connectivity index (χ1) is 11.0. The molecule has 0 bridgehead atoms. The monoisotopic (exact) mass is 330 g/mol. The van der Waals surface area contributed by atoms with Crippen molar-refractivity contribution in [3.8, 4) is 0 Å². The van der Waals surface area contributed by atoms with Crippen LogP contribution in [-0.4, -0.2) is 29.7 Å². The predicted octanol–water partition coefficient (Wildman–Crippen LogP) is 2.91. The van der Waals surface area contributed by atoms with E-state index in [0.29, 0.717) is 10.7 Å². The second-order valence-electron chi connectivity index (χ2n) is 5.37. The molecule has 1 N–H and O–H groups in total. The van der Waals surface area contributed by atoms with Crippen LogP contribution < -0.4 is 9.80 Å². The number of carbonyl (C=O) groups is 2. The van der Waals surface area contributed by atoms with Gasteiger partial charge in [0.05, 0.1) is 0 Å². The maximum absolute atomic E-state index is 12.2. The molecule has 0 aliphatic carbocycles. The van der Waals surface area contributed by atoms with E-state index in [-0.39, 0.29) is 12.5 Å². The lowest BCUT2D eigenvalue weighted by Gasteiger charge is -2.22. The molecule has 5 nitrogen and oxygen atoms in total. The van der Waals surface area contributed by atoms with Gasteiger partial charge >= 0.3 is 5.97 Å². The number of anilines is 2. The molecule has 1 fully saturated rings. The van der Waals surface area contributed by atoms with Crippen LogP contribution in [0.5, 0.6) is 0 Å². The van der Waals surface area contributed by atoms with Crippen molar-refractivity contribution in [1.82, 2.24) is 0 Å². The molecule has 1 unspecified atom stereocenters. The van der Waals surface area contributed by atoms with Crippen LogP contribution in [-0.2, 0) is 9.59 Å². The SMILES string of the molecule is Cc1ccc(N(CC(=O)O)C2C(=O)N2c2ccccc2)cc1Cl. The van der Waals surface area contributed by atoms with Crippen LogP contribution in [0.3, 0.4) is 0 Å². The quantitative estimate of drug-likeness (QED) is 0.856. The number of rotatable bonds is 5. The first kappa shape index (κ1) is 15.4. The van der Waals surface area contributed by atoms with Gasteiger partial charge in [-0.15, -0.1) is 0 Å². The number of nitrogens with zero attached hydrogens (tertiary/aromatic N) is 2. The second kappa shape index (κ2) is 5.93. The minimum absolute atomic E-state index is 0.130. The van der Waals surface area contributed by atoms with E-state index in [0.717, 1.165) is 11.3 Å². The molecule has 6 heteroatoms. The summed E-state index contributed by atoms with van der Waals surface area (Å²) in [6.45, 7) is 1.59. The highest BCUT2D eigenvalue weighted by atomic mass is 35.5. The molecule has 2 aromatic rings. The minimum Gasteiger partial charge on any atom is -0.480 e. The van der Waals surface area contributed by atoms with Gasteiger partial charge in [0, 0.05) is 16.4 Å². The van der Waals surface area contributed by atoms with Gasteiger partial charge in [-0.2, -0.15) is 0 Å². The zero-order valence-corrected chi connectivity index (χ0v) is 13.2. The van der Waals surface area contributed by atoms with Gasteiger partial charge in [0.15, 0.2) is 6.17 Å². The van der Waals surface area contributed by atoms with Crippen molar-refractivity contribution in [3.05, 3.63) is 59.1 Å². The van der Waals surface area contributed by atoms with E-state index < -0.39 is 12.1 Å². The van der Waals surface area contributed by atoms with Gasteiger partial charge in [0.1, 0.15) is 6.54 Å². The standard InChI is InChI=1S/C17H15ClN2O3/c1-11-7-8-13(9-14(11)18)19(10-15(21)22)16-17(23)20(16)12-5-3-2-4-6-12/h2-9,16H,10H2,1H3,(H,21,22). The number of hydrogen-bond acceptors (Lipinski definition) is 3. The van der Waals surface area contributed by atoms with E-state index in [4.69, 9.17) is 11.6 Å². The minimum atomic E-state index is -1.01. The van der Waals surface area contributed by atoms with E-state index in [9.17, 15) is 14.7 Å². The topological polar surface area (TPSA) is 60.6 Å². The Morgan fingerprint density at radius 3 is 2.57 bits per heavy atom. The van der Waals surface area contributed by atoms with Gasteiger partial charge in [-0.05, 0) is 36.8 Å². The van der Waals surface area contributed by atoms with Crippen LogP contribution in [0.15, 0.2) is 48.5 Å². The molecule has 0 saturated carbocycles. The molecule has 23 heavy (non-hydrogen) atoms. The Morgan fingerprint density at radius 1 is 1.26 bits per heavy atom. The number of amides is 1. The second-order valence-corrected chi connectivity index (χ2v) is 5.78. The number of halogens is 1. The van der Waals surface area contributed by atoms with Gasteiger partial charge < -0.3 is 10.0 Å². The average molecular weight is 331 g/mol. The molecular weight excluding hydrogens is 316 g/mol. The lowest BCUT2D eigenvalue weighted by atomic mass is 10.2. The molecule has 3 rings (SSSR count). The number of benzene rings is 2. The maximum atomic E-state index is 12.2. The van der Waals surface area contributed by atoms with Crippen LogP contribution in [0, 0.1) is 6.92 Å². The van der Waals surface area contributed by atoms with E-state index in [1.54, 1.807) is 21.9 Å². The van der Waals surface area contributed by atoms with Gasteiger partial charge in [-0.3, -0.25) is 14.5 Å². The highest BCUT2D eigenvalue weighted by Gasteiger charge is 2.51. The predicted molar refractivity (Wildman–Crippen MR) is 88.9 cm³/mol. The summed E-state index contributed by atoms with van der Waals surface area (Å²) in [5.74, 6) is -1.14. The van der Waals surface area contributed by atoms with Crippen LogP contribution in [0.4, 0.5) is 11.4 Å². The van der Waals surface area contributed by atoms with Crippen molar-refractivity contribution in [3.63, 3.8) is 0 Å². The molecule has 1 aliphatic heterocycles. The Hall–Kier alpha value is -2.53. The zero-order chi connectivity index (χ0) is 16.6. The van der Waals surface area contributed by atoms with Crippen molar-refractivity contribution < 1.29 is 14.7 Å². The van der Waals surface area contributed by atoms with Gasteiger partial charge in [-0.1, -0.05) is 35.9 Å². The van der Waals surface area contributed by atoms with Crippen LogP contribution in [0.1, 0.15) is 5.56 Å². The Bertz CT molecular complexity index is 764. The molecule has 1 saturated heterocycles. The Balaban J connectivity index is 1.93. The number of carboxylic acids is 1. The molecule has 2 aromatic carbocycles. The normalized spacial score (nSPS) is 16.3. The molecular formula is C17H15ClN2O3. The number of aliphatic carboxylic acids is 1. The third kappa shape index (κ3) is 3.00. The molecule has 0 aromatic heterocycles. The maximum Gasteiger partial charge on any atom is 0.323 e. The van der Waals surface area contributed by atoms with Crippen molar-refractivity contribution in [1.29, 1.82) is 0 Å². The molecule has 0 radical (unpaired) electrons. The van der Waals surface area contributed by atoms with Gasteiger partial charge in [0.2, 0.25) is 0 Å². The fourth-order valence-corrected chi connectivity index (χ4v) is 2.70. The van der Waals surface area contributed by atoms with Crippen molar-refractivity contribution in [2.75, 3.05) is 16.3 Å². The van der Waals surface area contributed by atoms with Crippen molar-refractivity contribution >= 4 is 34.9 Å². The van der Waals surface area contributed by atoms with E-state index >= 15 is 0 Å². The summed E-state index contributed by atoms with van der Waals surface area (Å²) >= 11 is 6.14. The molecule has 118 valence electrons. The number of para-hydroxylation sites is 1. The lowest BCUT2D eigenvalue weighted by molar-refractivity contribution is -0.135. The molecule has 1 amide bonds. The Morgan fingerprint density at radius 2 is 1.96 bits per heavy atom. The highest BCUT2D eigenvalue weighted by molar-refractivity contribution is 6.31. The summed E-state index contributed by atoms with van der Waals surface area (Å²) in [6.07, 6.45) is -0.618. The first-order valence-corrected chi connectivity index (χ1v) is 7.49. The summed E-state index contributed by atoms with van der Waals surface area (Å²) in [4.78, 5) is 26.5. The molecule has 1 aliphatic rings. The van der Waals surface area contributed by atoms with E-state index in [1.807, 2.05) is 43.3 Å². The Kier molecular flexibility index (Phi) is 3.96. The summed E-state index contributed by atoms with van der Waals surface area (Å²) in [6, 6.07) is 14.4. The smallest absolute Gasteiger partial charge is 0.323 e. The number of carbonyl (C=O) groups excluding carboxylic acids is 1. The molecule has 1 atom stereocenters. The number of aryl methyl sites for hydroxylation is 1.